The first-order valence-corrected chi connectivity index (χ1v) is 5.05. The van der Waals surface area contributed by atoms with Crippen LogP contribution in [0.3, 0.4) is 0 Å². The Morgan fingerprint density at radius 1 is 1.53 bits per heavy atom. The van der Waals surface area contributed by atoms with E-state index in [4.69, 9.17) is 0 Å². The normalized spacial score (nSPS) is 12.5. The Morgan fingerprint density at radius 2 is 2.20 bits per heavy atom. The van der Waals surface area contributed by atoms with E-state index in [0.29, 0.717) is 0 Å². The molecule has 0 spiro atoms. The van der Waals surface area contributed by atoms with Crippen LogP contribution in [0.5, 0.6) is 0 Å². The van der Waals surface area contributed by atoms with Crippen molar-refractivity contribution >= 4 is 5.69 Å². The molecule has 1 rings (SSSR count). The number of nitro groups is 1. The summed E-state index contributed by atoms with van der Waals surface area (Å²) in [6.45, 7) is 6.67. The van der Waals surface area contributed by atoms with Gasteiger partial charge < -0.3 is 5.32 Å². The second-order valence-corrected chi connectivity index (χ2v) is 3.53. The zero-order valence-corrected chi connectivity index (χ0v) is 9.28. The number of benzene rings is 1. The van der Waals surface area contributed by atoms with E-state index in [1.54, 1.807) is 13.0 Å². The van der Waals surface area contributed by atoms with Gasteiger partial charge in [0, 0.05) is 17.7 Å². The van der Waals surface area contributed by atoms with Crippen LogP contribution in [0.2, 0.25) is 0 Å². The highest BCUT2D eigenvalue weighted by Gasteiger charge is 2.16. The van der Waals surface area contributed by atoms with E-state index in [1.165, 1.54) is 6.07 Å². The maximum atomic E-state index is 10.7. The van der Waals surface area contributed by atoms with Crippen LogP contribution in [0, 0.1) is 17.0 Å². The van der Waals surface area contributed by atoms with E-state index in [9.17, 15) is 10.1 Å². The third-order valence-corrected chi connectivity index (χ3v) is 2.52. The summed E-state index contributed by atoms with van der Waals surface area (Å²) in [5.74, 6) is 0. The van der Waals surface area contributed by atoms with Gasteiger partial charge >= 0.3 is 0 Å². The zero-order chi connectivity index (χ0) is 11.4. The van der Waals surface area contributed by atoms with Gasteiger partial charge in [0.25, 0.3) is 5.69 Å². The van der Waals surface area contributed by atoms with Gasteiger partial charge in [-0.15, -0.1) is 0 Å². The molecule has 0 bridgehead atoms. The molecule has 0 radical (unpaired) electrons. The highest BCUT2D eigenvalue weighted by atomic mass is 16.6. The van der Waals surface area contributed by atoms with E-state index < -0.39 is 0 Å². The van der Waals surface area contributed by atoms with Crippen LogP contribution < -0.4 is 5.32 Å². The molecule has 0 fully saturated rings. The first kappa shape index (κ1) is 11.7. The highest BCUT2D eigenvalue weighted by molar-refractivity contribution is 5.45. The number of nitrogens with one attached hydrogen (secondary N) is 1. The Hall–Kier alpha value is -1.42. The minimum Gasteiger partial charge on any atom is -0.310 e. The lowest BCUT2D eigenvalue weighted by molar-refractivity contribution is -0.385. The van der Waals surface area contributed by atoms with Gasteiger partial charge in [-0.05, 0) is 26.0 Å². The Morgan fingerprint density at radius 3 is 2.73 bits per heavy atom. The fourth-order valence-electron chi connectivity index (χ4n) is 1.72. The largest absolute Gasteiger partial charge is 0.310 e. The van der Waals surface area contributed by atoms with Crippen molar-refractivity contribution in [2.75, 3.05) is 6.54 Å². The molecule has 4 nitrogen and oxygen atoms in total. The average Bonchev–Trinajstić information content (AvgIpc) is 2.17. The molecule has 0 saturated carbocycles. The topological polar surface area (TPSA) is 55.2 Å². The summed E-state index contributed by atoms with van der Waals surface area (Å²) in [5, 5.41) is 14.0. The molecule has 0 aliphatic rings. The molecule has 4 heteroatoms. The second-order valence-electron chi connectivity index (χ2n) is 3.53. The quantitative estimate of drug-likeness (QED) is 0.611. The summed E-state index contributed by atoms with van der Waals surface area (Å²) in [6, 6.07) is 5.34. The van der Waals surface area contributed by atoms with Gasteiger partial charge in [-0.25, -0.2) is 0 Å². The highest BCUT2D eigenvalue weighted by Crippen LogP contribution is 2.25. The fourth-order valence-corrected chi connectivity index (χ4v) is 1.72. The van der Waals surface area contributed by atoms with Gasteiger partial charge in [0.15, 0.2) is 0 Å². The van der Waals surface area contributed by atoms with E-state index >= 15 is 0 Å². The van der Waals surface area contributed by atoms with Crippen LogP contribution in [-0.2, 0) is 0 Å². The predicted molar refractivity (Wildman–Crippen MR) is 59.9 cm³/mol. The zero-order valence-electron chi connectivity index (χ0n) is 9.28. The van der Waals surface area contributed by atoms with Crippen molar-refractivity contribution in [3.63, 3.8) is 0 Å². The average molecular weight is 208 g/mol. The Bertz CT molecular complexity index is 364. The molecule has 1 atom stereocenters. The van der Waals surface area contributed by atoms with Gasteiger partial charge in [0.2, 0.25) is 0 Å². The molecule has 15 heavy (non-hydrogen) atoms. The summed E-state index contributed by atoms with van der Waals surface area (Å²) in [5.41, 5.74) is 1.93. The summed E-state index contributed by atoms with van der Waals surface area (Å²) < 4.78 is 0. The molecule has 0 aliphatic heterocycles. The van der Waals surface area contributed by atoms with Crippen LogP contribution in [0.4, 0.5) is 5.69 Å². The molecular weight excluding hydrogens is 192 g/mol. The molecule has 0 aromatic heterocycles. The van der Waals surface area contributed by atoms with E-state index in [-0.39, 0.29) is 16.7 Å². The van der Waals surface area contributed by atoms with Crippen LogP contribution in [0.1, 0.15) is 31.0 Å². The van der Waals surface area contributed by atoms with Crippen molar-refractivity contribution in [1.29, 1.82) is 0 Å². The molecule has 1 N–H and O–H groups in total. The van der Waals surface area contributed by atoms with Gasteiger partial charge in [-0.1, -0.05) is 19.1 Å². The van der Waals surface area contributed by atoms with E-state index in [2.05, 4.69) is 5.32 Å². The van der Waals surface area contributed by atoms with E-state index in [0.717, 1.165) is 17.7 Å². The monoisotopic (exact) mass is 208 g/mol. The number of rotatable bonds is 4. The summed E-state index contributed by atoms with van der Waals surface area (Å²) >= 11 is 0. The SMILES string of the molecule is CCNC(C)c1cccc([N+](=O)[O-])c1C. The molecule has 0 saturated heterocycles. The first-order valence-electron chi connectivity index (χ1n) is 5.05. The molecule has 0 amide bonds. The Kier molecular flexibility index (Phi) is 3.80. The van der Waals surface area contributed by atoms with E-state index in [1.807, 2.05) is 19.9 Å². The molecule has 0 heterocycles. The minimum atomic E-state index is -0.336. The number of nitrogens with zero attached hydrogens (tertiary/aromatic N) is 1. The van der Waals surface area contributed by atoms with Gasteiger partial charge in [0.1, 0.15) is 0 Å². The molecular formula is C11H16N2O2. The number of hydrogen-bond donors (Lipinski definition) is 1. The smallest absolute Gasteiger partial charge is 0.272 e. The maximum absolute atomic E-state index is 10.7. The molecule has 1 aromatic carbocycles. The maximum Gasteiger partial charge on any atom is 0.272 e. The third-order valence-electron chi connectivity index (χ3n) is 2.52. The van der Waals surface area contributed by atoms with Crippen molar-refractivity contribution in [1.82, 2.24) is 5.32 Å². The molecule has 82 valence electrons. The lowest BCUT2D eigenvalue weighted by Gasteiger charge is -2.15. The van der Waals surface area contributed by atoms with Crippen LogP contribution in [0.15, 0.2) is 18.2 Å². The van der Waals surface area contributed by atoms with Crippen molar-refractivity contribution < 1.29 is 4.92 Å². The van der Waals surface area contributed by atoms with Crippen LogP contribution in [0.25, 0.3) is 0 Å². The second kappa shape index (κ2) is 4.89. The van der Waals surface area contributed by atoms with Crippen molar-refractivity contribution in [2.45, 2.75) is 26.8 Å². The van der Waals surface area contributed by atoms with Crippen molar-refractivity contribution in [2.24, 2.45) is 0 Å². The Balaban J connectivity index is 3.09. The van der Waals surface area contributed by atoms with Gasteiger partial charge in [-0.3, -0.25) is 10.1 Å². The van der Waals surface area contributed by atoms with Crippen LogP contribution >= 0.6 is 0 Å². The summed E-state index contributed by atoms with van der Waals surface area (Å²) in [7, 11) is 0. The molecule has 0 aliphatic carbocycles. The molecule has 1 aromatic rings. The lowest BCUT2D eigenvalue weighted by atomic mass is 10.0. The fraction of sp³-hybridized carbons (Fsp3) is 0.455. The van der Waals surface area contributed by atoms with Crippen LogP contribution in [-0.4, -0.2) is 11.5 Å². The standard InChI is InChI=1S/C11H16N2O2/c1-4-12-9(3)10-6-5-7-11(8(10)2)13(14)15/h5-7,9,12H,4H2,1-3H3. The lowest BCUT2D eigenvalue weighted by Crippen LogP contribution is -2.18. The summed E-state index contributed by atoms with van der Waals surface area (Å²) in [6.07, 6.45) is 0. The first-order chi connectivity index (χ1) is 7.07. The van der Waals surface area contributed by atoms with Gasteiger partial charge in [0.05, 0.1) is 4.92 Å². The number of hydrogen-bond acceptors (Lipinski definition) is 3. The summed E-state index contributed by atoms with van der Waals surface area (Å²) in [4.78, 5) is 10.4. The van der Waals surface area contributed by atoms with Gasteiger partial charge in [-0.2, -0.15) is 0 Å². The Labute approximate surface area is 89.5 Å². The van der Waals surface area contributed by atoms with Crippen molar-refractivity contribution in [3.05, 3.63) is 39.4 Å². The predicted octanol–water partition coefficient (Wildman–Crippen LogP) is 2.57. The minimum absolute atomic E-state index is 0.148. The van der Waals surface area contributed by atoms with Crippen molar-refractivity contribution in [3.8, 4) is 0 Å². The molecule has 1 unspecified atom stereocenters. The third kappa shape index (κ3) is 2.53. The number of nitro benzene ring substituents is 1.